The van der Waals surface area contributed by atoms with Gasteiger partial charge in [0.15, 0.2) is 0 Å². The van der Waals surface area contributed by atoms with Crippen LogP contribution >= 0.6 is 0 Å². The lowest BCUT2D eigenvalue weighted by atomic mass is 10.1. The van der Waals surface area contributed by atoms with Gasteiger partial charge in [0.2, 0.25) is 0 Å². The number of hydrogen-bond acceptors (Lipinski definition) is 4. The Hall–Kier alpha value is -2.52. The number of hydrogen-bond donors (Lipinski definition) is 2. The summed E-state index contributed by atoms with van der Waals surface area (Å²) in [6.45, 7) is 1.61. The van der Waals surface area contributed by atoms with Crippen LogP contribution in [-0.2, 0) is 6.18 Å². The van der Waals surface area contributed by atoms with E-state index in [2.05, 4.69) is 0 Å². The van der Waals surface area contributed by atoms with Crippen molar-refractivity contribution in [2.45, 2.75) is 19.5 Å². The van der Waals surface area contributed by atoms with Gasteiger partial charge in [-0.1, -0.05) is 6.92 Å². The normalized spacial score (nSPS) is 11.0. The third kappa shape index (κ3) is 4.23. The highest BCUT2D eigenvalue weighted by Gasteiger charge is 2.37. The molecule has 0 aliphatic heterocycles. The Bertz CT molecular complexity index is 560. The minimum Gasteiger partial charge on any atom is -0.493 e. The van der Waals surface area contributed by atoms with E-state index in [0.717, 1.165) is 0 Å². The Labute approximate surface area is 116 Å². The van der Waals surface area contributed by atoms with Crippen LogP contribution in [0.25, 0.3) is 0 Å². The van der Waals surface area contributed by atoms with E-state index in [-0.39, 0.29) is 12.7 Å². The molecule has 116 valence electrons. The molecule has 0 aromatic heterocycles. The first-order valence-corrected chi connectivity index (χ1v) is 5.69. The van der Waals surface area contributed by atoms with Gasteiger partial charge < -0.3 is 9.84 Å². The van der Waals surface area contributed by atoms with Crippen molar-refractivity contribution in [3.63, 3.8) is 0 Å². The van der Waals surface area contributed by atoms with Crippen LogP contribution in [0.5, 0.6) is 5.75 Å². The largest absolute Gasteiger partial charge is 0.493 e. The number of rotatable bonds is 5. The van der Waals surface area contributed by atoms with Crippen molar-refractivity contribution in [2.24, 2.45) is 0 Å². The first-order chi connectivity index (χ1) is 9.66. The molecule has 0 fully saturated rings. The predicted molar refractivity (Wildman–Crippen MR) is 65.5 cm³/mol. The highest BCUT2D eigenvalue weighted by atomic mass is 19.4. The molecule has 1 amide bonds. The first-order valence-electron chi connectivity index (χ1n) is 5.69. The molecule has 0 saturated carbocycles. The molecular formula is C11H11F3N2O5. The van der Waals surface area contributed by atoms with E-state index in [1.807, 2.05) is 0 Å². The van der Waals surface area contributed by atoms with Gasteiger partial charge in [0.05, 0.1) is 11.5 Å². The van der Waals surface area contributed by atoms with Gasteiger partial charge in [-0.2, -0.15) is 13.2 Å². The Kier molecular flexibility index (Phi) is 4.95. The van der Waals surface area contributed by atoms with Crippen molar-refractivity contribution in [3.8, 4) is 5.75 Å². The molecule has 7 nitrogen and oxygen atoms in total. The molecule has 0 atom stereocenters. The molecule has 0 heterocycles. The third-order valence-electron chi connectivity index (χ3n) is 2.30. The van der Waals surface area contributed by atoms with Crippen LogP contribution in [0.15, 0.2) is 12.1 Å². The summed E-state index contributed by atoms with van der Waals surface area (Å²) in [4.78, 5) is 20.2. The van der Waals surface area contributed by atoms with Crippen LogP contribution in [0.3, 0.4) is 0 Å². The second-order valence-corrected chi connectivity index (χ2v) is 3.90. The number of nitro groups is 1. The summed E-state index contributed by atoms with van der Waals surface area (Å²) in [7, 11) is 0. The maximum absolute atomic E-state index is 12.9. The number of anilines is 1. The molecule has 0 spiro atoms. The number of nitrogens with zero attached hydrogens (tertiary/aromatic N) is 1. The topological polar surface area (TPSA) is 102 Å². The second-order valence-electron chi connectivity index (χ2n) is 3.90. The lowest BCUT2D eigenvalue weighted by Gasteiger charge is -2.15. The molecule has 0 aliphatic rings. The molecule has 1 rings (SSSR count). The summed E-state index contributed by atoms with van der Waals surface area (Å²) in [5.41, 5.74) is -2.93. The Morgan fingerprint density at radius 2 is 2.10 bits per heavy atom. The smallest absolute Gasteiger partial charge is 0.420 e. The summed E-state index contributed by atoms with van der Waals surface area (Å²) in [5, 5.41) is 21.0. The maximum Gasteiger partial charge on any atom is 0.420 e. The van der Waals surface area contributed by atoms with E-state index < -0.39 is 39.9 Å². The van der Waals surface area contributed by atoms with Crippen LogP contribution in [0.2, 0.25) is 0 Å². The molecule has 0 radical (unpaired) electrons. The summed E-state index contributed by atoms with van der Waals surface area (Å²) in [6, 6.07) is 0.904. The van der Waals surface area contributed by atoms with Gasteiger partial charge in [-0.15, -0.1) is 0 Å². The number of nitrogens with one attached hydrogen (secondary N) is 1. The summed E-state index contributed by atoms with van der Waals surface area (Å²) < 4.78 is 43.5. The highest BCUT2D eigenvalue weighted by molar-refractivity contribution is 5.87. The summed E-state index contributed by atoms with van der Waals surface area (Å²) >= 11 is 0. The van der Waals surface area contributed by atoms with Crippen LogP contribution in [0.1, 0.15) is 18.9 Å². The van der Waals surface area contributed by atoms with E-state index in [0.29, 0.717) is 12.5 Å². The lowest BCUT2D eigenvalue weighted by Crippen LogP contribution is -2.14. The van der Waals surface area contributed by atoms with Crippen molar-refractivity contribution in [3.05, 3.63) is 27.8 Å². The molecule has 1 aromatic rings. The molecule has 10 heteroatoms. The van der Waals surface area contributed by atoms with Crippen LogP contribution in [0, 0.1) is 10.1 Å². The van der Waals surface area contributed by atoms with Gasteiger partial charge in [-0.3, -0.25) is 15.4 Å². The van der Waals surface area contributed by atoms with Gasteiger partial charge in [0.25, 0.3) is 5.69 Å². The van der Waals surface area contributed by atoms with Crippen LogP contribution < -0.4 is 10.1 Å². The zero-order valence-corrected chi connectivity index (χ0v) is 10.7. The van der Waals surface area contributed by atoms with Crippen molar-refractivity contribution >= 4 is 17.5 Å². The van der Waals surface area contributed by atoms with Crippen molar-refractivity contribution in [2.75, 3.05) is 11.9 Å². The zero-order chi connectivity index (χ0) is 16.2. The van der Waals surface area contributed by atoms with Gasteiger partial charge in [-0.05, 0) is 6.42 Å². The fourth-order valence-corrected chi connectivity index (χ4v) is 1.49. The monoisotopic (exact) mass is 308 g/mol. The fraction of sp³-hybridized carbons (Fsp3) is 0.364. The number of halogens is 3. The van der Waals surface area contributed by atoms with Crippen molar-refractivity contribution in [1.82, 2.24) is 0 Å². The minimum absolute atomic E-state index is 0.0482. The van der Waals surface area contributed by atoms with E-state index >= 15 is 0 Å². The fourth-order valence-electron chi connectivity index (χ4n) is 1.49. The second kappa shape index (κ2) is 6.29. The van der Waals surface area contributed by atoms with Gasteiger partial charge >= 0.3 is 12.3 Å². The van der Waals surface area contributed by atoms with Crippen LogP contribution in [-0.4, -0.2) is 22.7 Å². The third-order valence-corrected chi connectivity index (χ3v) is 2.30. The minimum atomic E-state index is -4.87. The predicted octanol–water partition coefficient (Wildman–Crippen LogP) is 3.49. The van der Waals surface area contributed by atoms with Crippen molar-refractivity contribution < 1.29 is 32.7 Å². The molecule has 0 bridgehead atoms. The summed E-state index contributed by atoms with van der Waals surface area (Å²) in [6.07, 6.45) is -6.09. The lowest BCUT2D eigenvalue weighted by molar-refractivity contribution is -0.384. The standard InChI is InChI=1S/C11H11F3N2O5/c1-2-3-21-9-5-7(15-10(17)18)8(16(19)20)4-6(9)11(12,13)14/h4-5,15H,2-3H2,1H3,(H,17,18). The number of carbonyl (C=O) groups is 1. The number of benzene rings is 1. The number of alkyl halides is 3. The van der Waals surface area contributed by atoms with Gasteiger partial charge in [0.1, 0.15) is 17.0 Å². The van der Waals surface area contributed by atoms with Crippen molar-refractivity contribution in [1.29, 1.82) is 0 Å². The van der Waals surface area contributed by atoms with Gasteiger partial charge in [0, 0.05) is 12.1 Å². The Morgan fingerprint density at radius 1 is 1.48 bits per heavy atom. The van der Waals surface area contributed by atoms with E-state index in [4.69, 9.17) is 9.84 Å². The van der Waals surface area contributed by atoms with Gasteiger partial charge in [-0.25, -0.2) is 4.79 Å². The average molecular weight is 308 g/mol. The molecule has 0 saturated heterocycles. The highest BCUT2D eigenvalue weighted by Crippen LogP contribution is 2.41. The average Bonchev–Trinajstić information content (AvgIpc) is 2.33. The van der Waals surface area contributed by atoms with Crippen LogP contribution in [0.4, 0.5) is 29.3 Å². The number of nitro benzene ring substituents is 1. The summed E-state index contributed by atoms with van der Waals surface area (Å²) in [5.74, 6) is -0.668. The number of amides is 1. The molecule has 0 unspecified atom stereocenters. The van der Waals surface area contributed by atoms with E-state index in [1.54, 1.807) is 12.2 Å². The molecule has 1 aromatic carbocycles. The molecule has 2 N–H and O–H groups in total. The number of carboxylic acid groups (broad SMARTS) is 1. The molecule has 21 heavy (non-hydrogen) atoms. The Balaban J connectivity index is 3.45. The maximum atomic E-state index is 12.9. The van der Waals surface area contributed by atoms with E-state index in [1.165, 1.54) is 0 Å². The molecular weight excluding hydrogens is 297 g/mol. The Morgan fingerprint density at radius 3 is 2.52 bits per heavy atom. The SMILES string of the molecule is CCCOc1cc(NC(=O)O)c([N+](=O)[O-])cc1C(F)(F)F. The quantitative estimate of drug-likeness (QED) is 0.640. The number of ether oxygens (including phenoxy) is 1. The first kappa shape index (κ1) is 16.5. The van der Waals surface area contributed by atoms with E-state index in [9.17, 15) is 28.1 Å². The molecule has 0 aliphatic carbocycles. The zero-order valence-electron chi connectivity index (χ0n) is 10.7.